The Morgan fingerprint density at radius 1 is 1.07 bits per heavy atom. The second kappa shape index (κ2) is 9.14. The number of rotatable bonds is 3. The van der Waals surface area contributed by atoms with Crippen molar-refractivity contribution in [2.75, 3.05) is 50.7 Å². The summed E-state index contributed by atoms with van der Waals surface area (Å²) >= 11 is 0. The molecular weight excluding hydrogens is 393 g/mol. The van der Waals surface area contributed by atoms with E-state index in [4.69, 9.17) is 0 Å². The largest absolute Gasteiger partial charge is 0.379 e. The summed E-state index contributed by atoms with van der Waals surface area (Å²) in [6, 6.07) is 6.16. The van der Waals surface area contributed by atoms with E-state index in [0.717, 1.165) is 41.6 Å². The van der Waals surface area contributed by atoms with E-state index in [1.54, 1.807) is 12.4 Å². The lowest BCUT2D eigenvalue weighted by atomic mass is 10.0. The fourth-order valence-electron chi connectivity index (χ4n) is 5.06. The molecule has 1 aromatic carbocycles. The summed E-state index contributed by atoms with van der Waals surface area (Å²) < 4.78 is 29.0. The van der Waals surface area contributed by atoms with Crippen molar-refractivity contribution in [2.24, 2.45) is 17.8 Å². The minimum atomic E-state index is -3.67. The molecule has 9 heteroatoms. The Balaban J connectivity index is 0.000000503. The Bertz CT molecular complexity index is 902. The van der Waals surface area contributed by atoms with Crippen molar-refractivity contribution in [3.63, 3.8) is 0 Å². The summed E-state index contributed by atoms with van der Waals surface area (Å²) in [6.07, 6.45) is 4.61. The van der Waals surface area contributed by atoms with Crippen molar-refractivity contribution in [1.29, 1.82) is 5.26 Å². The van der Waals surface area contributed by atoms with Crippen molar-refractivity contribution < 1.29 is 13.2 Å². The highest BCUT2D eigenvalue weighted by Gasteiger charge is 2.37. The molecule has 0 saturated carbocycles. The van der Waals surface area contributed by atoms with Gasteiger partial charge in [0.2, 0.25) is 0 Å². The van der Waals surface area contributed by atoms with Crippen LogP contribution >= 0.6 is 0 Å². The van der Waals surface area contributed by atoms with Crippen LogP contribution in [0.5, 0.6) is 0 Å². The molecule has 3 atom stereocenters. The summed E-state index contributed by atoms with van der Waals surface area (Å²) in [5.74, 6) is 2.44. The van der Waals surface area contributed by atoms with Crippen molar-refractivity contribution in [1.82, 2.24) is 20.2 Å². The number of likely N-dealkylation sites (tertiary alicyclic amines) is 1. The first-order valence-electron chi connectivity index (χ1n) is 10.3. The first kappa shape index (κ1) is 20.8. The van der Waals surface area contributed by atoms with E-state index < -0.39 is 6.68 Å². The third kappa shape index (κ3) is 4.50. The highest BCUT2D eigenvalue weighted by Crippen LogP contribution is 2.32. The lowest BCUT2D eigenvalue weighted by Crippen LogP contribution is -2.32. The number of hydrogen-bond donors (Lipinski definition) is 1. The van der Waals surface area contributed by atoms with Crippen LogP contribution in [-0.2, 0) is 0 Å². The monoisotopic (exact) mass is 418 g/mol. The number of fused-ring (bicyclic) bond motifs is 2. The molecule has 3 fully saturated rings. The summed E-state index contributed by atoms with van der Waals surface area (Å²) in [5, 5.41) is 12.8. The molecule has 0 aliphatic carbocycles. The molecule has 30 heavy (non-hydrogen) atoms. The van der Waals surface area contributed by atoms with Crippen molar-refractivity contribution in [3.05, 3.63) is 30.1 Å². The summed E-state index contributed by atoms with van der Waals surface area (Å²) in [4.78, 5) is 14.0. The minimum Gasteiger partial charge on any atom is -0.369 e. The van der Waals surface area contributed by atoms with Crippen LogP contribution in [-0.4, -0.2) is 67.4 Å². The fraction of sp³-hybridized carbons (Fsp3) is 0.571. The molecule has 160 valence electrons. The molecule has 1 N–H and O–H groups in total. The van der Waals surface area contributed by atoms with Gasteiger partial charge >= 0.3 is 6.68 Å². The van der Waals surface area contributed by atoms with E-state index in [2.05, 4.69) is 31.2 Å². The number of aromatic nitrogens is 2. The van der Waals surface area contributed by atoms with Gasteiger partial charge in [-0.2, -0.15) is 18.4 Å². The van der Waals surface area contributed by atoms with E-state index in [1.807, 2.05) is 12.1 Å². The number of halogens is 3. The number of hydrogen-bond acceptors (Lipinski definition) is 6. The van der Waals surface area contributed by atoms with Crippen LogP contribution in [0.4, 0.5) is 18.9 Å². The minimum absolute atomic E-state index is 0.602. The smallest absolute Gasteiger partial charge is 0.369 e. The second-order valence-corrected chi connectivity index (χ2v) is 8.24. The Hall–Kier alpha value is -2.44. The van der Waals surface area contributed by atoms with Crippen LogP contribution in [0, 0.1) is 29.1 Å². The number of anilines is 1. The first-order valence-corrected chi connectivity index (χ1v) is 10.3. The van der Waals surface area contributed by atoms with Crippen LogP contribution in [0.2, 0.25) is 0 Å². The number of nitrogens with one attached hydrogen (secondary N) is 1. The normalized spacial score (nSPS) is 26.0. The van der Waals surface area contributed by atoms with E-state index in [-0.39, 0.29) is 0 Å². The second-order valence-electron chi connectivity index (χ2n) is 8.24. The molecule has 3 saturated heterocycles. The van der Waals surface area contributed by atoms with E-state index >= 15 is 0 Å². The Kier molecular flexibility index (Phi) is 6.35. The van der Waals surface area contributed by atoms with Crippen molar-refractivity contribution in [3.8, 4) is 6.07 Å². The third-order valence-corrected chi connectivity index (χ3v) is 6.33. The molecule has 0 amide bonds. The third-order valence-electron chi connectivity index (χ3n) is 6.33. The Morgan fingerprint density at radius 2 is 1.73 bits per heavy atom. The molecule has 6 nitrogen and oxygen atoms in total. The molecule has 1 aromatic heterocycles. The first-order chi connectivity index (χ1) is 14.5. The molecule has 3 aliphatic heterocycles. The maximum absolute atomic E-state index is 9.67. The molecule has 0 bridgehead atoms. The zero-order chi connectivity index (χ0) is 21.1. The number of alkyl halides is 3. The quantitative estimate of drug-likeness (QED) is 0.827. The van der Waals surface area contributed by atoms with Gasteiger partial charge in [0, 0.05) is 45.1 Å². The molecular formula is C21H25F3N6. The highest BCUT2D eigenvalue weighted by molar-refractivity contribution is 5.92. The van der Waals surface area contributed by atoms with Gasteiger partial charge in [-0.15, -0.1) is 0 Å². The maximum Gasteiger partial charge on any atom is 0.379 e. The van der Waals surface area contributed by atoms with Gasteiger partial charge in [-0.25, -0.2) is 0 Å². The molecule has 5 rings (SSSR count). The van der Waals surface area contributed by atoms with Gasteiger partial charge in [0.25, 0.3) is 0 Å². The van der Waals surface area contributed by atoms with Crippen LogP contribution < -0.4 is 10.2 Å². The predicted molar refractivity (Wildman–Crippen MR) is 108 cm³/mol. The summed E-state index contributed by atoms with van der Waals surface area (Å²) in [6.45, 7) is 4.61. The predicted octanol–water partition coefficient (Wildman–Crippen LogP) is 2.66. The van der Waals surface area contributed by atoms with E-state index in [1.165, 1.54) is 39.1 Å². The van der Waals surface area contributed by atoms with Gasteiger partial charge in [-0.05, 0) is 49.4 Å². The van der Waals surface area contributed by atoms with Crippen LogP contribution in [0.3, 0.4) is 0 Å². The summed E-state index contributed by atoms with van der Waals surface area (Å²) in [5.41, 5.74) is 3.30. The Labute approximate surface area is 173 Å². The van der Waals surface area contributed by atoms with Crippen LogP contribution in [0.25, 0.3) is 11.0 Å². The lowest BCUT2D eigenvalue weighted by Gasteiger charge is -2.23. The molecule has 3 unspecified atom stereocenters. The van der Waals surface area contributed by atoms with E-state index in [9.17, 15) is 18.4 Å². The van der Waals surface area contributed by atoms with Gasteiger partial charge in [-0.1, -0.05) is 0 Å². The van der Waals surface area contributed by atoms with Gasteiger partial charge in [0.1, 0.15) is 17.1 Å². The SMILES string of the molecule is FC(F)F.N#Cc1ccc(N2CCC(CN3CC4CNCC4C3)C2)c2nccnc12. The number of nitriles is 1. The van der Waals surface area contributed by atoms with Crippen LogP contribution in [0.1, 0.15) is 12.0 Å². The highest BCUT2D eigenvalue weighted by atomic mass is 19.4. The molecule has 0 radical (unpaired) electrons. The van der Waals surface area contributed by atoms with Gasteiger partial charge < -0.3 is 15.1 Å². The average molecular weight is 418 g/mol. The standard InChI is InChI=1S/C20H24N6.CHF3/c21-7-15-1-2-18(20-19(15)23-4-5-24-20)26-6-3-14(11-26)10-25-12-16-8-22-9-17(16)13-25;2-1(3)4/h1-2,4-5,14,16-17,22H,3,6,8-13H2;1H. The topological polar surface area (TPSA) is 68.1 Å². The maximum atomic E-state index is 9.67. The van der Waals surface area contributed by atoms with E-state index in [0.29, 0.717) is 11.5 Å². The Morgan fingerprint density at radius 3 is 2.40 bits per heavy atom. The lowest BCUT2D eigenvalue weighted by molar-refractivity contribution is 0.00819. The molecule has 4 heterocycles. The molecule has 2 aromatic rings. The average Bonchev–Trinajstić information content (AvgIpc) is 3.44. The fourth-order valence-corrected chi connectivity index (χ4v) is 5.06. The zero-order valence-electron chi connectivity index (χ0n) is 16.6. The summed E-state index contributed by atoms with van der Waals surface area (Å²) in [7, 11) is 0. The van der Waals surface area contributed by atoms with Gasteiger partial charge in [0.05, 0.1) is 11.3 Å². The zero-order valence-corrected chi connectivity index (χ0v) is 16.6. The number of nitrogens with zero attached hydrogens (tertiary/aromatic N) is 5. The van der Waals surface area contributed by atoms with Crippen molar-refractivity contribution in [2.45, 2.75) is 13.1 Å². The molecule has 0 spiro atoms. The molecule has 3 aliphatic rings. The van der Waals surface area contributed by atoms with Gasteiger partial charge in [-0.3, -0.25) is 9.97 Å². The van der Waals surface area contributed by atoms with Crippen molar-refractivity contribution >= 4 is 16.7 Å². The van der Waals surface area contributed by atoms with Gasteiger partial charge in [0.15, 0.2) is 0 Å². The van der Waals surface area contributed by atoms with Crippen LogP contribution in [0.15, 0.2) is 24.5 Å². The number of benzene rings is 1.